The van der Waals surface area contributed by atoms with Crippen molar-refractivity contribution in [3.8, 4) is 0 Å². The highest BCUT2D eigenvalue weighted by atomic mass is 79.9. The quantitative estimate of drug-likeness (QED) is 0.683. The van der Waals surface area contributed by atoms with E-state index in [2.05, 4.69) is 49.0 Å². The second-order valence-electron chi connectivity index (χ2n) is 6.20. The third kappa shape index (κ3) is 1.25. The number of halogens is 1. The first-order valence-electron chi connectivity index (χ1n) is 6.34. The van der Waals surface area contributed by atoms with Crippen molar-refractivity contribution in [1.82, 2.24) is 0 Å². The van der Waals surface area contributed by atoms with Crippen LogP contribution in [0.25, 0.3) is 0 Å². The fourth-order valence-corrected chi connectivity index (χ4v) is 4.13. The largest absolute Gasteiger partial charge is 0.344 e. The van der Waals surface area contributed by atoms with Crippen LogP contribution in [0.5, 0.6) is 0 Å². The van der Waals surface area contributed by atoms with Crippen molar-refractivity contribution in [2.45, 2.75) is 45.7 Å². The number of ether oxygens (including phenoxy) is 2. The standard InChI is InChI=1S/C15H19BrO2/c1-8(2)11-7-15-9(3)10(17-13(15)18-11)6-12(16)14(15,4)5/h6,10-11,13H,1,3,7H2,2,4-5H3/t10-,11-,13-,15+/m1/s1. The molecule has 2 fully saturated rings. The van der Waals surface area contributed by atoms with Crippen LogP contribution in [0.4, 0.5) is 0 Å². The molecule has 0 amide bonds. The molecule has 0 aromatic heterocycles. The van der Waals surface area contributed by atoms with Gasteiger partial charge in [-0.2, -0.15) is 0 Å². The number of rotatable bonds is 1. The van der Waals surface area contributed by atoms with E-state index in [-0.39, 0.29) is 29.3 Å². The van der Waals surface area contributed by atoms with Crippen molar-refractivity contribution in [1.29, 1.82) is 0 Å². The van der Waals surface area contributed by atoms with Gasteiger partial charge >= 0.3 is 0 Å². The lowest BCUT2D eigenvalue weighted by Gasteiger charge is -2.45. The van der Waals surface area contributed by atoms with E-state index in [1.54, 1.807) is 0 Å². The molecule has 1 aliphatic carbocycles. The second kappa shape index (κ2) is 3.59. The van der Waals surface area contributed by atoms with E-state index in [0.29, 0.717) is 0 Å². The van der Waals surface area contributed by atoms with E-state index in [1.807, 2.05) is 6.92 Å². The van der Waals surface area contributed by atoms with E-state index in [0.717, 1.165) is 17.6 Å². The van der Waals surface area contributed by atoms with Gasteiger partial charge in [0.1, 0.15) is 6.10 Å². The molecule has 0 aromatic carbocycles. The number of hydrogen-bond acceptors (Lipinski definition) is 2. The molecule has 3 heteroatoms. The van der Waals surface area contributed by atoms with Crippen molar-refractivity contribution in [2.24, 2.45) is 10.8 Å². The maximum atomic E-state index is 6.07. The third-order valence-corrected chi connectivity index (χ3v) is 6.20. The molecule has 2 nitrogen and oxygen atoms in total. The fraction of sp³-hybridized carbons (Fsp3) is 0.600. The van der Waals surface area contributed by atoms with Gasteiger partial charge in [0.05, 0.1) is 11.5 Å². The first-order valence-corrected chi connectivity index (χ1v) is 7.13. The molecular formula is C15H19BrO2. The Morgan fingerprint density at radius 2 is 2.11 bits per heavy atom. The summed E-state index contributed by atoms with van der Waals surface area (Å²) in [7, 11) is 0. The molecule has 3 aliphatic rings. The van der Waals surface area contributed by atoms with E-state index in [9.17, 15) is 0 Å². The fourth-order valence-electron chi connectivity index (χ4n) is 3.54. The Morgan fingerprint density at radius 1 is 1.44 bits per heavy atom. The van der Waals surface area contributed by atoms with Crippen molar-refractivity contribution < 1.29 is 9.47 Å². The van der Waals surface area contributed by atoms with Crippen molar-refractivity contribution >= 4 is 15.9 Å². The average molecular weight is 311 g/mol. The van der Waals surface area contributed by atoms with Crippen LogP contribution < -0.4 is 0 Å². The SMILES string of the molecule is C=C(C)[C@H]1C[C@@]23C(=C)[C@@H](C=C(Br)C2(C)C)O[C@@H]3O1. The minimum atomic E-state index is -0.196. The minimum Gasteiger partial charge on any atom is -0.344 e. The summed E-state index contributed by atoms with van der Waals surface area (Å²) in [5.41, 5.74) is 2.04. The van der Waals surface area contributed by atoms with Crippen molar-refractivity contribution in [3.63, 3.8) is 0 Å². The monoisotopic (exact) mass is 310 g/mol. The Hall–Kier alpha value is -0.380. The molecule has 0 unspecified atom stereocenters. The summed E-state index contributed by atoms with van der Waals surface area (Å²) in [4.78, 5) is 0. The molecule has 98 valence electrons. The molecule has 4 atom stereocenters. The predicted octanol–water partition coefficient (Wildman–Crippen LogP) is 3.94. The molecule has 2 bridgehead atoms. The highest BCUT2D eigenvalue weighted by Gasteiger charge is 2.67. The number of fused-ring (bicyclic) bond motifs is 1. The smallest absolute Gasteiger partial charge is 0.169 e. The minimum absolute atomic E-state index is 0.0107. The van der Waals surface area contributed by atoms with Gasteiger partial charge < -0.3 is 9.47 Å². The van der Waals surface area contributed by atoms with Gasteiger partial charge in [-0.05, 0) is 25.0 Å². The average Bonchev–Trinajstić information content (AvgIpc) is 2.74. The Morgan fingerprint density at radius 3 is 2.72 bits per heavy atom. The van der Waals surface area contributed by atoms with E-state index < -0.39 is 0 Å². The van der Waals surface area contributed by atoms with Gasteiger partial charge in [-0.1, -0.05) is 48.5 Å². The highest BCUT2D eigenvalue weighted by Crippen LogP contribution is 2.67. The van der Waals surface area contributed by atoms with Crippen LogP contribution in [0, 0.1) is 10.8 Å². The van der Waals surface area contributed by atoms with E-state index >= 15 is 0 Å². The zero-order valence-corrected chi connectivity index (χ0v) is 12.7. The van der Waals surface area contributed by atoms with Gasteiger partial charge in [-0.25, -0.2) is 0 Å². The zero-order chi connectivity index (χ0) is 13.3. The molecule has 0 radical (unpaired) electrons. The molecule has 3 rings (SSSR count). The van der Waals surface area contributed by atoms with Crippen LogP contribution >= 0.6 is 15.9 Å². The van der Waals surface area contributed by atoms with Gasteiger partial charge in [0.25, 0.3) is 0 Å². The Labute approximate surface area is 117 Å². The summed E-state index contributed by atoms with van der Waals surface area (Å²) in [6.45, 7) is 14.8. The molecule has 0 aromatic rings. The molecule has 1 spiro atoms. The summed E-state index contributed by atoms with van der Waals surface area (Å²) in [5.74, 6) is 0. The molecular weight excluding hydrogens is 292 g/mol. The first-order chi connectivity index (χ1) is 8.30. The zero-order valence-electron chi connectivity index (χ0n) is 11.1. The first kappa shape index (κ1) is 12.6. The van der Waals surface area contributed by atoms with Crippen LogP contribution in [0.2, 0.25) is 0 Å². The van der Waals surface area contributed by atoms with Crippen LogP contribution in [-0.2, 0) is 9.47 Å². The van der Waals surface area contributed by atoms with E-state index in [1.165, 1.54) is 4.48 Å². The topological polar surface area (TPSA) is 18.5 Å². The lowest BCUT2D eigenvalue weighted by molar-refractivity contribution is -0.145. The molecule has 0 saturated carbocycles. The maximum Gasteiger partial charge on any atom is 0.169 e. The maximum absolute atomic E-state index is 6.07. The molecule has 18 heavy (non-hydrogen) atoms. The Balaban J connectivity index is 2.12. The summed E-state index contributed by atoms with van der Waals surface area (Å²) in [6.07, 6.45) is 2.90. The summed E-state index contributed by atoms with van der Waals surface area (Å²) >= 11 is 3.71. The second-order valence-corrected chi connectivity index (χ2v) is 7.05. The highest BCUT2D eigenvalue weighted by molar-refractivity contribution is 9.11. The summed E-state index contributed by atoms with van der Waals surface area (Å²) < 4.78 is 13.3. The summed E-state index contributed by atoms with van der Waals surface area (Å²) in [6, 6.07) is 0. The van der Waals surface area contributed by atoms with Crippen molar-refractivity contribution in [2.75, 3.05) is 0 Å². The van der Waals surface area contributed by atoms with Gasteiger partial charge in [-0.15, -0.1) is 0 Å². The van der Waals surface area contributed by atoms with Crippen LogP contribution in [0.3, 0.4) is 0 Å². The van der Waals surface area contributed by atoms with Crippen LogP contribution in [0.15, 0.2) is 34.9 Å². The molecule has 2 heterocycles. The molecule has 0 N–H and O–H groups in total. The lowest BCUT2D eigenvalue weighted by Crippen LogP contribution is -2.44. The molecule has 2 saturated heterocycles. The normalized spacial score (nSPS) is 44.8. The van der Waals surface area contributed by atoms with E-state index in [4.69, 9.17) is 9.47 Å². The Bertz CT molecular complexity index is 477. The molecule has 2 aliphatic heterocycles. The lowest BCUT2D eigenvalue weighted by atomic mass is 9.57. The van der Waals surface area contributed by atoms with Gasteiger partial charge in [0.2, 0.25) is 0 Å². The third-order valence-electron chi connectivity index (χ3n) is 4.94. The van der Waals surface area contributed by atoms with Gasteiger partial charge in [0, 0.05) is 9.90 Å². The van der Waals surface area contributed by atoms with Gasteiger partial charge in [0.15, 0.2) is 6.29 Å². The predicted molar refractivity (Wildman–Crippen MR) is 75.3 cm³/mol. The van der Waals surface area contributed by atoms with Crippen molar-refractivity contribution in [3.05, 3.63) is 34.9 Å². The summed E-state index contributed by atoms with van der Waals surface area (Å²) in [5, 5.41) is 0. The number of allylic oxidation sites excluding steroid dienone is 1. The van der Waals surface area contributed by atoms with Crippen LogP contribution in [-0.4, -0.2) is 18.5 Å². The van der Waals surface area contributed by atoms with Gasteiger partial charge in [-0.3, -0.25) is 0 Å². The number of hydrogen-bond donors (Lipinski definition) is 0. The van der Waals surface area contributed by atoms with Crippen LogP contribution in [0.1, 0.15) is 27.2 Å². The Kier molecular flexibility index (Phi) is 2.52.